The zero-order valence-electron chi connectivity index (χ0n) is 11.5. The molecule has 1 aromatic carbocycles. The first-order valence-electron chi connectivity index (χ1n) is 5.99. The molecule has 0 radical (unpaired) electrons. The standard InChI is InChI=1S/C14H14ClN3O3/c1-20-11-5-9(10(16)6-12(11)21-2)14(19)18-8-3-4-13(15)17-7-8/h3-7H,16H2,1-2H3,(H,18,19). The van der Waals surface area contributed by atoms with Gasteiger partial charge in [0, 0.05) is 11.8 Å². The highest BCUT2D eigenvalue weighted by molar-refractivity contribution is 6.29. The third kappa shape index (κ3) is 3.35. The van der Waals surface area contributed by atoms with E-state index in [1.807, 2.05) is 0 Å². The molecule has 1 aromatic heterocycles. The van der Waals surface area contributed by atoms with Crippen LogP contribution in [0.4, 0.5) is 11.4 Å². The molecule has 0 saturated heterocycles. The van der Waals surface area contributed by atoms with Crippen molar-refractivity contribution in [1.82, 2.24) is 4.98 Å². The summed E-state index contributed by atoms with van der Waals surface area (Å²) in [5.74, 6) is 0.503. The Morgan fingerprint density at radius 2 is 1.90 bits per heavy atom. The second-order valence-electron chi connectivity index (χ2n) is 4.12. The number of nitrogens with two attached hydrogens (primary N) is 1. The summed E-state index contributed by atoms with van der Waals surface area (Å²) < 4.78 is 10.3. The van der Waals surface area contributed by atoms with E-state index in [0.29, 0.717) is 22.3 Å². The van der Waals surface area contributed by atoms with Crippen molar-refractivity contribution in [2.24, 2.45) is 0 Å². The number of amides is 1. The van der Waals surface area contributed by atoms with Crippen LogP contribution in [0.2, 0.25) is 5.15 Å². The van der Waals surface area contributed by atoms with Gasteiger partial charge >= 0.3 is 0 Å². The Morgan fingerprint density at radius 1 is 1.24 bits per heavy atom. The van der Waals surface area contributed by atoms with Crippen molar-refractivity contribution in [3.63, 3.8) is 0 Å². The van der Waals surface area contributed by atoms with Crippen molar-refractivity contribution in [2.45, 2.75) is 0 Å². The lowest BCUT2D eigenvalue weighted by Gasteiger charge is -2.12. The van der Waals surface area contributed by atoms with Crippen LogP contribution in [0.15, 0.2) is 30.5 Å². The van der Waals surface area contributed by atoms with Gasteiger partial charge < -0.3 is 20.5 Å². The number of rotatable bonds is 4. The van der Waals surface area contributed by atoms with E-state index in [-0.39, 0.29) is 17.2 Å². The van der Waals surface area contributed by atoms with Crippen molar-refractivity contribution in [3.8, 4) is 11.5 Å². The van der Waals surface area contributed by atoms with Crippen LogP contribution in [0.3, 0.4) is 0 Å². The summed E-state index contributed by atoms with van der Waals surface area (Å²) in [7, 11) is 2.98. The molecule has 0 saturated carbocycles. The first-order chi connectivity index (χ1) is 10.0. The lowest BCUT2D eigenvalue weighted by Crippen LogP contribution is -2.14. The van der Waals surface area contributed by atoms with Crippen molar-refractivity contribution in [2.75, 3.05) is 25.3 Å². The molecular weight excluding hydrogens is 294 g/mol. The number of nitrogens with one attached hydrogen (secondary N) is 1. The minimum Gasteiger partial charge on any atom is -0.493 e. The largest absolute Gasteiger partial charge is 0.493 e. The van der Waals surface area contributed by atoms with E-state index in [1.54, 1.807) is 12.1 Å². The number of halogens is 1. The summed E-state index contributed by atoms with van der Waals surface area (Å²) in [6, 6.07) is 6.28. The van der Waals surface area contributed by atoms with Crippen molar-refractivity contribution < 1.29 is 14.3 Å². The zero-order chi connectivity index (χ0) is 15.4. The first kappa shape index (κ1) is 14.9. The van der Waals surface area contributed by atoms with Crippen molar-refractivity contribution in [3.05, 3.63) is 41.2 Å². The fourth-order valence-electron chi connectivity index (χ4n) is 1.74. The van der Waals surface area contributed by atoms with E-state index in [2.05, 4.69) is 10.3 Å². The van der Waals surface area contributed by atoms with Crippen LogP contribution < -0.4 is 20.5 Å². The maximum atomic E-state index is 12.2. The van der Waals surface area contributed by atoms with Gasteiger partial charge in [-0.15, -0.1) is 0 Å². The summed E-state index contributed by atoms with van der Waals surface area (Å²) in [6.07, 6.45) is 1.46. The number of benzene rings is 1. The molecule has 1 amide bonds. The van der Waals surface area contributed by atoms with E-state index in [0.717, 1.165) is 0 Å². The number of anilines is 2. The lowest BCUT2D eigenvalue weighted by atomic mass is 10.1. The average molecular weight is 308 g/mol. The van der Waals surface area contributed by atoms with Gasteiger partial charge in [-0.05, 0) is 18.2 Å². The highest BCUT2D eigenvalue weighted by Crippen LogP contribution is 2.32. The summed E-state index contributed by atoms with van der Waals surface area (Å²) in [5, 5.41) is 3.02. The highest BCUT2D eigenvalue weighted by atomic mass is 35.5. The molecule has 3 N–H and O–H groups in total. The summed E-state index contributed by atoms with van der Waals surface area (Å²) in [4.78, 5) is 16.1. The minimum absolute atomic E-state index is 0.280. The number of methoxy groups -OCH3 is 2. The van der Waals surface area contributed by atoms with Crippen LogP contribution >= 0.6 is 11.6 Å². The van der Waals surface area contributed by atoms with Crippen LogP contribution in [0, 0.1) is 0 Å². The van der Waals surface area contributed by atoms with Crippen molar-refractivity contribution in [1.29, 1.82) is 0 Å². The number of hydrogen-bond donors (Lipinski definition) is 2. The number of carbonyl (C=O) groups excluding carboxylic acids is 1. The predicted octanol–water partition coefficient (Wildman–Crippen LogP) is 2.59. The van der Waals surface area contributed by atoms with Gasteiger partial charge in [0.15, 0.2) is 11.5 Å². The van der Waals surface area contributed by atoms with Gasteiger partial charge in [-0.2, -0.15) is 0 Å². The molecule has 0 spiro atoms. The molecule has 0 aliphatic carbocycles. The monoisotopic (exact) mass is 307 g/mol. The quantitative estimate of drug-likeness (QED) is 0.669. The Morgan fingerprint density at radius 3 is 2.48 bits per heavy atom. The van der Waals surface area contributed by atoms with Gasteiger partial charge in [0.1, 0.15) is 5.15 Å². The van der Waals surface area contributed by atoms with Crippen LogP contribution in [-0.4, -0.2) is 25.1 Å². The zero-order valence-corrected chi connectivity index (χ0v) is 12.3. The summed E-state index contributed by atoms with van der Waals surface area (Å²) >= 11 is 5.69. The summed E-state index contributed by atoms with van der Waals surface area (Å²) in [5.41, 5.74) is 6.94. The molecule has 0 fully saturated rings. The van der Waals surface area contributed by atoms with Gasteiger partial charge in [-0.25, -0.2) is 4.98 Å². The first-order valence-corrected chi connectivity index (χ1v) is 6.37. The fourth-order valence-corrected chi connectivity index (χ4v) is 1.85. The second-order valence-corrected chi connectivity index (χ2v) is 4.51. The SMILES string of the molecule is COc1cc(N)c(C(=O)Nc2ccc(Cl)nc2)cc1OC. The summed E-state index contributed by atoms with van der Waals surface area (Å²) in [6.45, 7) is 0. The topological polar surface area (TPSA) is 86.5 Å². The molecule has 0 aliphatic heterocycles. The third-order valence-corrected chi connectivity index (χ3v) is 3.01. The van der Waals surface area contributed by atoms with Gasteiger partial charge in [0.25, 0.3) is 5.91 Å². The lowest BCUT2D eigenvalue weighted by molar-refractivity contribution is 0.102. The minimum atomic E-state index is -0.377. The average Bonchev–Trinajstić information content (AvgIpc) is 2.49. The normalized spacial score (nSPS) is 10.0. The number of pyridine rings is 1. The second kappa shape index (κ2) is 6.32. The van der Waals surface area contributed by atoms with Gasteiger partial charge in [0.2, 0.25) is 0 Å². The Bertz CT molecular complexity index is 659. The molecule has 0 bridgehead atoms. The number of hydrogen-bond acceptors (Lipinski definition) is 5. The van der Waals surface area contributed by atoms with E-state index in [1.165, 1.54) is 32.5 Å². The Hall–Kier alpha value is -2.47. The van der Waals surface area contributed by atoms with Crippen LogP contribution in [-0.2, 0) is 0 Å². The molecular formula is C14H14ClN3O3. The number of ether oxygens (including phenoxy) is 2. The molecule has 6 nitrogen and oxygen atoms in total. The van der Waals surface area contributed by atoms with Crippen molar-refractivity contribution >= 4 is 28.9 Å². The van der Waals surface area contributed by atoms with Crippen LogP contribution in [0.25, 0.3) is 0 Å². The highest BCUT2D eigenvalue weighted by Gasteiger charge is 2.15. The smallest absolute Gasteiger partial charge is 0.257 e. The van der Waals surface area contributed by atoms with E-state index >= 15 is 0 Å². The Balaban J connectivity index is 2.28. The number of nitrogens with zero attached hydrogens (tertiary/aromatic N) is 1. The maximum Gasteiger partial charge on any atom is 0.257 e. The molecule has 0 unspecified atom stereocenters. The molecule has 1 heterocycles. The number of carbonyl (C=O) groups is 1. The molecule has 21 heavy (non-hydrogen) atoms. The van der Waals surface area contributed by atoms with E-state index in [9.17, 15) is 4.79 Å². The van der Waals surface area contributed by atoms with Crippen LogP contribution in [0.5, 0.6) is 11.5 Å². The van der Waals surface area contributed by atoms with E-state index < -0.39 is 0 Å². The number of nitrogen functional groups attached to an aromatic ring is 1. The molecule has 7 heteroatoms. The Labute approximate surface area is 126 Å². The molecule has 0 atom stereocenters. The van der Waals surface area contributed by atoms with E-state index in [4.69, 9.17) is 26.8 Å². The molecule has 0 aliphatic rings. The maximum absolute atomic E-state index is 12.2. The Kier molecular flexibility index (Phi) is 4.49. The van der Waals surface area contributed by atoms with Crippen LogP contribution in [0.1, 0.15) is 10.4 Å². The predicted molar refractivity (Wildman–Crippen MR) is 81.2 cm³/mol. The van der Waals surface area contributed by atoms with Gasteiger partial charge in [-0.3, -0.25) is 4.79 Å². The van der Waals surface area contributed by atoms with Gasteiger partial charge in [0.05, 0.1) is 31.7 Å². The van der Waals surface area contributed by atoms with Gasteiger partial charge in [-0.1, -0.05) is 11.6 Å². The molecule has 2 aromatic rings. The fraction of sp³-hybridized carbons (Fsp3) is 0.143. The molecule has 110 valence electrons. The molecule has 2 rings (SSSR count). The third-order valence-electron chi connectivity index (χ3n) is 2.79. The number of aromatic nitrogens is 1.